The van der Waals surface area contributed by atoms with Gasteiger partial charge in [0.05, 0.1) is 0 Å². The van der Waals surface area contributed by atoms with Gasteiger partial charge in [-0.25, -0.2) is 9.79 Å². The Kier molecular flexibility index (Phi) is 1.03. The molecule has 0 saturated carbocycles. The van der Waals surface area contributed by atoms with Crippen molar-refractivity contribution in [3.05, 3.63) is 0 Å². The summed E-state index contributed by atoms with van der Waals surface area (Å²) in [5.41, 5.74) is 0. The predicted molar refractivity (Wildman–Crippen MR) is 36.4 cm³/mol. The average molecular weight is 152 g/mol. The molecule has 0 radical (unpaired) electrons. The van der Waals surface area contributed by atoms with Crippen LogP contribution in [0.15, 0.2) is 9.98 Å². The van der Waals surface area contributed by atoms with Gasteiger partial charge in [0.25, 0.3) is 5.91 Å². The van der Waals surface area contributed by atoms with Gasteiger partial charge in [-0.15, -0.1) is 0 Å². The second-order valence-electron chi connectivity index (χ2n) is 2.13. The molecule has 0 aromatic rings. The largest absolute Gasteiger partial charge is 0.321 e. The fourth-order valence-electron chi connectivity index (χ4n) is 0.932. The van der Waals surface area contributed by atoms with E-state index in [1.807, 2.05) is 0 Å². The van der Waals surface area contributed by atoms with Crippen LogP contribution in [0.2, 0.25) is 0 Å². The average Bonchev–Trinajstić information content (AvgIpc) is 2.31. The van der Waals surface area contributed by atoms with Crippen LogP contribution in [0, 0.1) is 0 Å². The van der Waals surface area contributed by atoms with E-state index in [0.29, 0.717) is 5.84 Å². The van der Waals surface area contributed by atoms with Crippen LogP contribution < -0.4 is 10.6 Å². The first-order valence-electron chi connectivity index (χ1n) is 2.99. The zero-order valence-corrected chi connectivity index (χ0v) is 5.37. The summed E-state index contributed by atoms with van der Waals surface area (Å²) in [5, 5.41) is 4.74. The molecule has 2 N–H and O–H groups in total. The highest BCUT2D eigenvalue weighted by Gasteiger charge is 2.34. The molecule has 3 amide bonds. The van der Waals surface area contributed by atoms with Crippen LogP contribution in [0.3, 0.4) is 0 Å². The molecule has 0 aliphatic carbocycles. The lowest BCUT2D eigenvalue weighted by Gasteiger charge is -2.06. The molecule has 0 spiro atoms. The van der Waals surface area contributed by atoms with E-state index in [0.717, 1.165) is 6.34 Å². The minimum Gasteiger partial charge on any atom is -0.319 e. The van der Waals surface area contributed by atoms with Crippen molar-refractivity contribution < 1.29 is 9.59 Å². The molecule has 6 heteroatoms. The molecule has 1 saturated heterocycles. The van der Waals surface area contributed by atoms with Gasteiger partial charge in [0.1, 0.15) is 12.2 Å². The van der Waals surface area contributed by atoms with Crippen LogP contribution in [0.1, 0.15) is 0 Å². The van der Waals surface area contributed by atoms with Crippen molar-refractivity contribution in [3.63, 3.8) is 0 Å². The van der Waals surface area contributed by atoms with Crippen molar-refractivity contribution in [2.24, 2.45) is 9.98 Å². The van der Waals surface area contributed by atoms with Crippen molar-refractivity contribution in [2.75, 3.05) is 0 Å². The minimum atomic E-state index is -0.688. The molecule has 2 aliphatic heterocycles. The second kappa shape index (κ2) is 1.88. The number of rotatable bonds is 0. The first-order chi connectivity index (χ1) is 5.27. The standard InChI is InChI=1S/C5H4N4O2/c10-4-2-3(6-1-7-4)9-5(11)8-2/h1-2H,(H2,6,7,8,9,10,11). The Hall–Kier alpha value is -1.72. The van der Waals surface area contributed by atoms with Crippen LogP contribution >= 0.6 is 0 Å². The molecular weight excluding hydrogens is 148 g/mol. The van der Waals surface area contributed by atoms with Crippen LogP contribution in [0.4, 0.5) is 4.79 Å². The first kappa shape index (κ1) is 6.02. The molecular formula is C5H4N4O2. The van der Waals surface area contributed by atoms with E-state index in [1.165, 1.54) is 0 Å². The van der Waals surface area contributed by atoms with E-state index < -0.39 is 18.0 Å². The number of carbonyl (C=O) groups excluding carboxylic acids is 2. The zero-order chi connectivity index (χ0) is 7.84. The number of nitrogens with zero attached hydrogens (tertiary/aromatic N) is 2. The highest BCUT2D eigenvalue weighted by Crippen LogP contribution is 2.01. The van der Waals surface area contributed by atoms with Crippen LogP contribution in [0.5, 0.6) is 0 Å². The third-order valence-electron chi connectivity index (χ3n) is 1.42. The molecule has 1 fully saturated rings. The Morgan fingerprint density at radius 3 is 3.00 bits per heavy atom. The van der Waals surface area contributed by atoms with E-state index in [9.17, 15) is 9.59 Å². The molecule has 11 heavy (non-hydrogen) atoms. The fraction of sp³-hybridized carbons (Fsp3) is 0.200. The maximum Gasteiger partial charge on any atom is 0.321 e. The van der Waals surface area contributed by atoms with Crippen molar-refractivity contribution in [1.82, 2.24) is 10.6 Å². The first-order valence-corrected chi connectivity index (χ1v) is 2.99. The Morgan fingerprint density at radius 1 is 1.45 bits per heavy atom. The maximum atomic E-state index is 10.9. The normalized spacial score (nSPS) is 27.3. The number of fused-ring (bicyclic) bond motifs is 1. The molecule has 2 aliphatic rings. The van der Waals surface area contributed by atoms with Gasteiger partial charge in [-0.2, -0.15) is 4.99 Å². The van der Waals surface area contributed by atoms with Gasteiger partial charge >= 0.3 is 6.03 Å². The molecule has 0 aromatic carbocycles. The Morgan fingerprint density at radius 2 is 2.27 bits per heavy atom. The van der Waals surface area contributed by atoms with Crippen molar-refractivity contribution in [1.29, 1.82) is 0 Å². The van der Waals surface area contributed by atoms with Crippen LogP contribution in [0.25, 0.3) is 0 Å². The predicted octanol–water partition coefficient (Wildman–Crippen LogP) is -1.37. The fourth-order valence-corrected chi connectivity index (χ4v) is 0.932. The van der Waals surface area contributed by atoms with Crippen molar-refractivity contribution in [3.8, 4) is 0 Å². The number of carbonyl (C=O) groups is 2. The van der Waals surface area contributed by atoms with E-state index in [-0.39, 0.29) is 0 Å². The van der Waals surface area contributed by atoms with Gasteiger partial charge in [-0.05, 0) is 0 Å². The van der Waals surface area contributed by atoms with Gasteiger partial charge < -0.3 is 5.32 Å². The Balaban J connectivity index is 2.35. The number of aliphatic imine (C=N–C) groups is 2. The second-order valence-corrected chi connectivity index (χ2v) is 2.13. The molecule has 2 heterocycles. The Labute approximate surface area is 61.4 Å². The van der Waals surface area contributed by atoms with Crippen LogP contribution in [-0.2, 0) is 4.79 Å². The van der Waals surface area contributed by atoms with E-state index in [4.69, 9.17) is 0 Å². The summed E-state index contributed by atoms with van der Waals surface area (Å²) in [6.07, 6.45) is 1.13. The highest BCUT2D eigenvalue weighted by molar-refractivity contribution is 6.22. The summed E-state index contributed by atoms with van der Waals surface area (Å²) in [4.78, 5) is 28.6. The molecule has 1 atom stereocenters. The molecule has 1 unspecified atom stereocenters. The lowest BCUT2D eigenvalue weighted by atomic mass is 10.2. The number of hydrogen-bond acceptors (Lipinski definition) is 3. The molecule has 0 bridgehead atoms. The van der Waals surface area contributed by atoms with E-state index in [2.05, 4.69) is 20.6 Å². The van der Waals surface area contributed by atoms with E-state index in [1.54, 1.807) is 0 Å². The topological polar surface area (TPSA) is 82.9 Å². The molecule has 56 valence electrons. The number of amides is 3. The monoisotopic (exact) mass is 152 g/mol. The van der Waals surface area contributed by atoms with E-state index >= 15 is 0 Å². The summed E-state index contributed by atoms with van der Waals surface area (Å²) < 4.78 is 0. The van der Waals surface area contributed by atoms with Crippen molar-refractivity contribution in [2.45, 2.75) is 6.04 Å². The molecule has 2 rings (SSSR count). The van der Waals surface area contributed by atoms with Crippen LogP contribution in [-0.4, -0.2) is 30.2 Å². The number of amidine groups is 1. The third-order valence-corrected chi connectivity index (χ3v) is 1.42. The SMILES string of the molecule is O=C1NC2=NC=NC(=O)C2N1. The summed E-state index contributed by atoms with van der Waals surface area (Å²) in [7, 11) is 0. The third kappa shape index (κ3) is 0.794. The number of nitrogens with one attached hydrogen (secondary N) is 2. The highest BCUT2D eigenvalue weighted by atomic mass is 16.2. The van der Waals surface area contributed by atoms with Gasteiger partial charge in [0.2, 0.25) is 0 Å². The number of urea groups is 1. The van der Waals surface area contributed by atoms with Gasteiger partial charge in [-0.3, -0.25) is 10.1 Å². The lowest BCUT2D eigenvalue weighted by Crippen LogP contribution is -2.38. The maximum absolute atomic E-state index is 10.9. The summed E-state index contributed by atoms with van der Waals surface area (Å²) in [6.45, 7) is 0. The quantitative estimate of drug-likeness (QED) is 0.449. The van der Waals surface area contributed by atoms with Gasteiger partial charge in [0, 0.05) is 0 Å². The zero-order valence-electron chi connectivity index (χ0n) is 5.37. The number of hydrogen-bond donors (Lipinski definition) is 2. The minimum absolute atomic E-state index is 0.329. The van der Waals surface area contributed by atoms with Crippen molar-refractivity contribution >= 4 is 24.1 Å². The molecule has 6 nitrogen and oxygen atoms in total. The smallest absolute Gasteiger partial charge is 0.319 e. The van der Waals surface area contributed by atoms with Gasteiger partial charge in [-0.1, -0.05) is 0 Å². The summed E-state index contributed by atoms with van der Waals surface area (Å²) in [6, 6.07) is -1.10. The van der Waals surface area contributed by atoms with Gasteiger partial charge in [0.15, 0.2) is 6.04 Å². The summed E-state index contributed by atoms with van der Waals surface area (Å²) >= 11 is 0. The Bertz CT molecular complexity index is 293. The summed E-state index contributed by atoms with van der Waals surface area (Å²) in [5.74, 6) is -0.0663. The molecule has 0 aromatic heterocycles. The lowest BCUT2D eigenvalue weighted by molar-refractivity contribution is -0.118.